The second-order valence-corrected chi connectivity index (χ2v) is 4.55. The summed E-state index contributed by atoms with van der Waals surface area (Å²) in [4.78, 5) is 11.2. The Hall–Kier alpha value is -1.36. The summed E-state index contributed by atoms with van der Waals surface area (Å²) in [7, 11) is 1.90. The van der Waals surface area contributed by atoms with Gasteiger partial charge in [-0.3, -0.25) is 9.48 Å². The van der Waals surface area contributed by atoms with Crippen LogP contribution in [0.15, 0.2) is 0 Å². The lowest BCUT2D eigenvalue weighted by atomic mass is 9.93. The van der Waals surface area contributed by atoms with Crippen molar-refractivity contribution in [1.82, 2.24) is 15.1 Å². The minimum atomic E-state index is -0.425. The third-order valence-electron chi connectivity index (χ3n) is 3.50. The topological polar surface area (TPSA) is 72.9 Å². The maximum Gasteiger partial charge on any atom is 0.269 e. The predicted molar refractivity (Wildman–Crippen MR) is 54.3 cm³/mol. The van der Waals surface area contributed by atoms with Crippen molar-refractivity contribution in [1.29, 1.82) is 0 Å². The number of carbonyl (C=O) groups excluding carboxylic acids is 1. The van der Waals surface area contributed by atoms with Crippen molar-refractivity contribution in [2.45, 2.75) is 24.8 Å². The zero-order valence-electron chi connectivity index (χ0n) is 8.71. The SMILES string of the molecule is Cn1nc(C(N)=O)c2c1C1(CC1)CNC2. The highest BCUT2D eigenvalue weighted by molar-refractivity contribution is 5.92. The molecular formula is C10H14N4O. The van der Waals surface area contributed by atoms with Gasteiger partial charge in [0, 0.05) is 31.1 Å². The summed E-state index contributed by atoms with van der Waals surface area (Å²) in [6, 6.07) is 0. The molecule has 1 amide bonds. The van der Waals surface area contributed by atoms with Crippen LogP contribution in [-0.4, -0.2) is 22.2 Å². The van der Waals surface area contributed by atoms with Crippen molar-refractivity contribution in [3.05, 3.63) is 17.0 Å². The number of nitrogens with zero attached hydrogens (tertiary/aromatic N) is 2. The zero-order valence-corrected chi connectivity index (χ0v) is 8.71. The number of hydrogen-bond acceptors (Lipinski definition) is 3. The van der Waals surface area contributed by atoms with Crippen molar-refractivity contribution in [3.8, 4) is 0 Å². The molecule has 2 heterocycles. The molecule has 3 N–H and O–H groups in total. The third kappa shape index (κ3) is 1.07. The first-order valence-electron chi connectivity index (χ1n) is 5.21. The first-order valence-corrected chi connectivity index (χ1v) is 5.21. The minimum Gasteiger partial charge on any atom is -0.364 e. The Morgan fingerprint density at radius 1 is 1.60 bits per heavy atom. The van der Waals surface area contributed by atoms with E-state index >= 15 is 0 Å². The van der Waals surface area contributed by atoms with E-state index in [-0.39, 0.29) is 5.41 Å². The van der Waals surface area contributed by atoms with Crippen LogP contribution in [-0.2, 0) is 19.0 Å². The summed E-state index contributed by atoms with van der Waals surface area (Å²) in [5, 5.41) is 7.57. The molecule has 0 saturated heterocycles. The van der Waals surface area contributed by atoms with E-state index < -0.39 is 5.91 Å². The molecule has 0 aromatic carbocycles. The summed E-state index contributed by atoms with van der Waals surface area (Å²) in [5.41, 5.74) is 8.22. The van der Waals surface area contributed by atoms with Gasteiger partial charge in [0.15, 0.2) is 5.69 Å². The van der Waals surface area contributed by atoms with E-state index in [1.165, 1.54) is 18.5 Å². The molecule has 1 spiro atoms. The molecule has 0 radical (unpaired) electrons. The van der Waals surface area contributed by atoms with Gasteiger partial charge in [-0.25, -0.2) is 0 Å². The molecule has 15 heavy (non-hydrogen) atoms. The van der Waals surface area contributed by atoms with Crippen LogP contribution in [0.2, 0.25) is 0 Å². The summed E-state index contributed by atoms with van der Waals surface area (Å²) < 4.78 is 1.84. The van der Waals surface area contributed by atoms with Crippen LogP contribution in [0.5, 0.6) is 0 Å². The molecule has 1 fully saturated rings. The maximum absolute atomic E-state index is 11.2. The Balaban J connectivity index is 2.21. The van der Waals surface area contributed by atoms with Crippen molar-refractivity contribution in [2.24, 2.45) is 12.8 Å². The van der Waals surface area contributed by atoms with Gasteiger partial charge in [0.2, 0.25) is 0 Å². The van der Waals surface area contributed by atoms with Crippen molar-refractivity contribution < 1.29 is 4.79 Å². The highest BCUT2D eigenvalue weighted by Crippen LogP contribution is 2.50. The van der Waals surface area contributed by atoms with Gasteiger partial charge in [0.1, 0.15) is 0 Å². The lowest BCUT2D eigenvalue weighted by molar-refractivity contribution is 0.0994. The number of nitrogens with two attached hydrogens (primary N) is 1. The van der Waals surface area contributed by atoms with Crippen LogP contribution in [0.4, 0.5) is 0 Å². The molecule has 5 nitrogen and oxygen atoms in total. The predicted octanol–water partition coefficient (Wildman–Crippen LogP) is -0.346. The number of carbonyl (C=O) groups is 1. The van der Waals surface area contributed by atoms with Crippen molar-refractivity contribution in [2.75, 3.05) is 6.54 Å². The van der Waals surface area contributed by atoms with E-state index in [2.05, 4.69) is 10.4 Å². The van der Waals surface area contributed by atoms with Crippen LogP contribution in [0.3, 0.4) is 0 Å². The number of hydrogen-bond donors (Lipinski definition) is 2. The molecule has 1 aromatic heterocycles. The molecule has 1 saturated carbocycles. The summed E-state index contributed by atoms with van der Waals surface area (Å²) in [6.07, 6.45) is 2.37. The lowest BCUT2D eigenvalue weighted by Gasteiger charge is -2.23. The van der Waals surface area contributed by atoms with Crippen LogP contribution < -0.4 is 11.1 Å². The number of primary amides is 1. The number of aryl methyl sites for hydroxylation is 1. The average molecular weight is 206 g/mol. The molecule has 0 atom stereocenters. The van der Waals surface area contributed by atoms with E-state index in [9.17, 15) is 4.79 Å². The molecule has 80 valence electrons. The Labute approximate surface area is 87.6 Å². The largest absolute Gasteiger partial charge is 0.364 e. The number of nitrogens with one attached hydrogen (secondary N) is 1. The number of rotatable bonds is 1. The molecular weight excluding hydrogens is 192 g/mol. The van der Waals surface area contributed by atoms with Gasteiger partial charge >= 0.3 is 0 Å². The summed E-state index contributed by atoms with van der Waals surface area (Å²) >= 11 is 0. The second-order valence-electron chi connectivity index (χ2n) is 4.55. The normalized spacial score (nSPS) is 21.4. The van der Waals surface area contributed by atoms with Crippen LogP contribution in [0, 0.1) is 0 Å². The number of fused-ring (bicyclic) bond motifs is 2. The summed E-state index contributed by atoms with van der Waals surface area (Å²) in [5.74, 6) is -0.425. The first-order chi connectivity index (χ1) is 7.14. The summed E-state index contributed by atoms with van der Waals surface area (Å²) in [6.45, 7) is 1.71. The quantitative estimate of drug-likeness (QED) is 0.660. The fourth-order valence-electron chi connectivity index (χ4n) is 2.67. The van der Waals surface area contributed by atoms with E-state index in [4.69, 9.17) is 5.73 Å². The van der Waals surface area contributed by atoms with Crippen LogP contribution >= 0.6 is 0 Å². The molecule has 1 aliphatic heterocycles. The van der Waals surface area contributed by atoms with Gasteiger partial charge in [0.25, 0.3) is 5.91 Å². The zero-order chi connectivity index (χ0) is 10.6. The van der Waals surface area contributed by atoms with E-state index in [1.807, 2.05) is 11.7 Å². The second kappa shape index (κ2) is 2.61. The molecule has 1 aliphatic carbocycles. The van der Waals surface area contributed by atoms with Crippen LogP contribution in [0.25, 0.3) is 0 Å². The monoisotopic (exact) mass is 206 g/mol. The lowest BCUT2D eigenvalue weighted by Crippen LogP contribution is -2.35. The van der Waals surface area contributed by atoms with Gasteiger partial charge in [-0.05, 0) is 12.8 Å². The van der Waals surface area contributed by atoms with E-state index in [0.717, 1.165) is 12.1 Å². The van der Waals surface area contributed by atoms with Crippen LogP contribution in [0.1, 0.15) is 34.6 Å². The smallest absolute Gasteiger partial charge is 0.269 e. The number of aromatic nitrogens is 2. The Kier molecular flexibility index (Phi) is 1.55. The van der Waals surface area contributed by atoms with Gasteiger partial charge in [0.05, 0.1) is 5.69 Å². The highest BCUT2D eigenvalue weighted by Gasteiger charge is 2.50. The number of amides is 1. The first kappa shape index (κ1) is 8.91. The molecule has 0 bridgehead atoms. The van der Waals surface area contributed by atoms with Gasteiger partial charge in [-0.1, -0.05) is 0 Å². The van der Waals surface area contributed by atoms with E-state index in [0.29, 0.717) is 12.2 Å². The average Bonchev–Trinajstić information content (AvgIpc) is 2.84. The standard InChI is InChI=1S/C10H14N4O/c1-14-8-6(7(13-14)9(11)15)4-12-5-10(8)2-3-10/h12H,2-5H2,1H3,(H2,11,15). The van der Waals surface area contributed by atoms with Crippen molar-refractivity contribution >= 4 is 5.91 Å². The molecule has 1 aromatic rings. The maximum atomic E-state index is 11.2. The fourth-order valence-corrected chi connectivity index (χ4v) is 2.67. The molecule has 5 heteroatoms. The molecule has 2 aliphatic rings. The Morgan fingerprint density at radius 3 is 2.93 bits per heavy atom. The fraction of sp³-hybridized carbons (Fsp3) is 0.600. The minimum absolute atomic E-state index is 0.239. The van der Waals surface area contributed by atoms with Gasteiger partial charge in [-0.15, -0.1) is 0 Å². The highest BCUT2D eigenvalue weighted by atomic mass is 16.1. The Bertz CT molecular complexity index is 445. The molecule has 0 unspecified atom stereocenters. The van der Waals surface area contributed by atoms with Gasteiger partial charge < -0.3 is 11.1 Å². The van der Waals surface area contributed by atoms with Crippen molar-refractivity contribution in [3.63, 3.8) is 0 Å². The third-order valence-corrected chi connectivity index (χ3v) is 3.50. The van der Waals surface area contributed by atoms with E-state index in [1.54, 1.807) is 0 Å². The Morgan fingerprint density at radius 2 is 2.33 bits per heavy atom. The molecule has 3 rings (SSSR count). The van der Waals surface area contributed by atoms with Gasteiger partial charge in [-0.2, -0.15) is 5.10 Å².